The van der Waals surface area contributed by atoms with E-state index in [0.29, 0.717) is 0 Å². The molecule has 7 nitrogen and oxygen atoms in total. The van der Waals surface area contributed by atoms with Crippen molar-refractivity contribution in [3.8, 4) is 0 Å². The summed E-state index contributed by atoms with van der Waals surface area (Å²) in [4.78, 5) is 11.7. The average Bonchev–Trinajstić information content (AvgIpc) is 2.85. The Kier molecular flexibility index (Phi) is 6.73. The third kappa shape index (κ3) is 4.96. The van der Waals surface area contributed by atoms with Crippen LogP contribution in [0.4, 0.5) is 14.5 Å². The van der Waals surface area contributed by atoms with Gasteiger partial charge in [-0.2, -0.15) is 4.31 Å². The van der Waals surface area contributed by atoms with Gasteiger partial charge in [-0.15, -0.1) is 0 Å². The van der Waals surface area contributed by atoms with Crippen LogP contribution >= 0.6 is 11.6 Å². The molecule has 3 rings (SSSR count). The Morgan fingerprint density at radius 2 is 1.80 bits per heavy atom. The molecule has 2 aromatic rings. The molecule has 0 aliphatic carbocycles. The molecule has 1 heterocycles. The Labute approximate surface area is 176 Å². The van der Waals surface area contributed by atoms with Crippen LogP contribution in [0.3, 0.4) is 0 Å². The molecule has 0 spiro atoms. The second-order valence-corrected chi connectivity index (χ2v) is 9.24. The van der Waals surface area contributed by atoms with Crippen LogP contribution in [0.1, 0.15) is 23.2 Å². The molecule has 1 aliphatic heterocycles. The number of nitrogens with zero attached hydrogens (tertiary/aromatic N) is 1. The number of anilines is 1. The number of amides is 1. The first kappa shape index (κ1) is 22.6. The predicted octanol–water partition coefficient (Wildman–Crippen LogP) is 2.38. The molecule has 30 heavy (non-hydrogen) atoms. The lowest BCUT2D eigenvalue weighted by Gasteiger charge is -2.22. The maximum Gasteiger partial charge on any atom is 0.255 e. The molecule has 1 amide bonds. The van der Waals surface area contributed by atoms with Gasteiger partial charge < -0.3 is 15.5 Å². The summed E-state index contributed by atoms with van der Waals surface area (Å²) in [6.45, 7) is -0.409. The highest BCUT2D eigenvalue weighted by molar-refractivity contribution is 7.89. The van der Waals surface area contributed by atoms with E-state index in [1.165, 1.54) is 12.1 Å². The first-order valence-electron chi connectivity index (χ1n) is 9.00. The number of hydrogen-bond donors (Lipinski definition) is 3. The predicted molar refractivity (Wildman–Crippen MR) is 106 cm³/mol. The number of halogens is 3. The van der Waals surface area contributed by atoms with E-state index in [-0.39, 0.29) is 42.2 Å². The summed E-state index contributed by atoms with van der Waals surface area (Å²) in [7, 11) is -4.38. The van der Waals surface area contributed by atoms with Crippen molar-refractivity contribution < 1.29 is 32.2 Å². The van der Waals surface area contributed by atoms with Gasteiger partial charge in [-0.05, 0) is 42.8 Å². The second kappa shape index (κ2) is 8.94. The van der Waals surface area contributed by atoms with Gasteiger partial charge in [0.1, 0.15) is 16.5 Å². The number of nitrogens with one attached hydrogen (secondary N) is 1. The summed E-state index contributed by atoms with van der Waals surface area (Å²) in [5, 5.41) is 21.8. The minimum atomic E-state index is -4.38. The zero-order valence-electron chi connectivity index (χ0n) is 15.6. The molecule has 162 valence electrons. The quantitative estimate of drug-likeness (QED) is 0.649. The molecule has 2 aromatic carbocycles. The van der Waals surface area contributed by atoms with Gasteiger partial charge in [-0.25, -0.2) is 17.2 Å². The van der Waals surface area contributed by atoms with E-state index in [2.05, 4.69) is 5.32 Å². The number of rotatable bonds is 4. The van der Waals surface area contributed by atoms with Gasteiger partial charge in [0, 0.05) is 30.8 Å². The summed E-state index contributed by atoms with van der Waals surface area (Å²) in [5.74, 6) is -2.48. The molecule has 11 heteroatoms. The maximum atomic E-state index is 14.4. The topological polar surface area (TPSA) is 107 Å². The molecule has 0 bridgehead atoms. The van der Waals surface area contributed by atoms with E-state index in [1.54, 1.807) is 0 Å². The molecular formula is C19H19ClF2N2O5S. The van der Waals surface area contributed by atoms with Crippen molar-refractivity contribution in [2.75, 3.05) is 18.4 Å². The zero-order valence-corrected chi connectivity index (χ0v) is 17.1. The number of hydrogen-bond acceptors (Lipinski definition) is 5. The van der Waals surface area contributed by atoms with E-state index in [9.17, 15) is 32.2 Å². The monoisotopic (exact) mass is 460 g/mol. The number of sulfonamides is 1. The highest BCUT2D eigenvalue weighted by atomic mass is 35.5. The van der Waals surface area contributed by atoms with Crippen molar-refractivity contribution in [1.82, 2.24) is 4.31 Å². The van der Waals surface area contributed by atoms with Crippen LogP contribution in [-0.2, 0) is 10.0 Å². The van der Waals surface area contributed by atoms with Crippen molar-refractivity contribution in [3.05, 3.63) is 58.6 Å². The summed E-state index contributed by atoms with van der Waals surface area (Å²) < 4.78 is 54.4. The number of aliphatic hydroxyl groups is 2. The molecule has 1 saturated heterocycles. The Balaban J connectivity index is 1.88. The fourth-order valence-electron chi connectivity index (χ4n) is 3.10. The van der Waals surface area contributed by atoms with Gasteiger partial charge in [-0.1, -0.05) is 11.6 Å². The Morgan fingerprint density at radius 1 is 1.10 bits per heavy atom. The minimum absolute atomic E-state index is 0.0111. The number of carbonyl (C=O) groups excluding carboxylic acids is 1. The van der Waals surface area contributed by atoms with E-state index in [4.69, 9.17) is 11.6 Å². The fraction of sp³-hybridized carbons (Fsp3) is 0.316. The molecule has 2 unspecified atom stereocenters. The third-order valence-corrected chi connectivity index (χ3v) is 6.83. The molecule has 1 aliphatic rings. The zero-order chi connectivity index (χ0) is 22.1. The molecule has 0 radical (unpaired) electrons. The molecular weight excluding hydrogens is 442 g/mol. The van der Waals surface area contributed by atoms with Crippen LogP contribution in [0.2, 0.25) is 5.02 Å². The lowest BCUT2D eigenvalue weighted by atomic mass is 10.1. The third-order valence-electron chi connectivity index (χ3n) is 4.66. The Bertz CT molecular complexity index is 1070. The number of carbonyl (C=O) groups is 1. The molecule has 2 atom stereocenters. The summed E-state index contributed by atoms with van der Waals surface area (Å²) >= 11 is 5.67. The van der Waals surface area contributed by atoms with Crippen molar-refractivity contribution in [1.29, 1.82) is 0 Å². The number of benzene rings is 2. The average molecular weight is 461 g/mol. The van der Waals surface area contributed by atoms with Crippen molar-refractivity contribution in [3.63, 3.8) is 0 Å². The van der Waals surface area contributed by atoms with Gasteiger partial charge in [0.15, 0.2) is 0 Å². The van der Waals surface area contributed by atoms with Gasteiger partial charge in [0.2, 0.25) is 10.0 Å². The Morgan fingerprint density at radius 3 is 2.50 bits per heavy atom. The Hall–Kier alpha value is -2.11. The molecule has 3 N–H and O–H groups in total. The van der Waals surface area contributed by atoms with Crippen LogP contribution in [-0.4, -0.2) is 54.1 Å². The smallest absolute Gasteiger partial charge is 0.255 e. The highest BCUT2D eigenvalue weighted by Gasteiger charge is 2.33. The fourth-order valence-corrected chi connectivity index (χ4v) is 4.87. The van der Waals surface area contributed by atoms with E-state index in [0.717, 1.165) is 28.6 Å². The SMILES string of the molecule is O=C(Nc1ccc(F)c(Cl)c1)c1ccc(F)c(S(=O)(=O)N2CCC(O)CC(O)C2)c1. The van der Waals surface area contributed by atoms with Crippen LogP contribution in [0.25, 0.3) is 0 Å². The molecule has 1 fully saturated rings. The molecule has 0 aromatic heterocycles. The van der Waals surface area contributed by atoms with Crippen molar-refractivity contribution in [2.45, 2.75) is 29.9 Å². The molecule has 0 saturated carbocycles. The summed E-state index contributed by atoms with van der Waals surface area (Å²) in [5.41, 5.74) is 0.0237. The summed E-state index contributed by atoms with van der Waals surface area (Å²) in [6.07, 6.45) is -1.87. The standard InChI is InChI=1S/C19H19ClF2N2O5S/c20-15-8-12(2-4-16(15)21)23-19(27)11-1-3-17(22)18(7-11)30(28,29)24-6-5-13(25)9-14(26)10-24/h1-4,7-8,13-14,25-26H,5-6,9-10H2,(H,23,27). The maximum absolute atomic E-state index is 14.4. The van der Waals surface area contributed by atoms with Gasteiger partial charge in [0.05, 0.1) is 17.2 Å². The van der Waals surface area contributed by atoms with E-state index in [1.807, 2.05) is 0 Å². The van der Waals surface area contributed by atoms with E-state index < -0.39 is 44.7 Å². The van der Waals surface area contributed by atoms with Gasteiger partial charge in [0.25, 0.3) is 5.91 Å². The van der Waals surface area contributed by atoms with Crippen molar-refractivity contribution >= 4 is 33.2 Å². The number of aliphatic hydroxyl groups excluding tert-OH is 2. The normalized spacial score (nSPS) is 20.6. The highest BCUT2D eigenvalue weighted by Crippen LogP contribution is 2.25. The van der Waals surface area contributed by atoms with Crippen LogP contribution in [0.5, 0.6) is 0 Å². The van der Waals surface area contributed by atoms with Gasteiger partial charge in [-0.3, -0.25) is 4.79 Å². The largest absolute Gasteiger partial charge is 0.393 e. The van der Waals surface area contributed by atoms with Crippen LogP contribution in [0.15, 0.2) is 41.3 Å². The van der Waals surface area contributed by atoms with Crippen LogP contribution < -0.4 is 5.32 Å². The second-order valence-electron chi connectivity index (χ2n) is 6.92. The lowest BCUT2D eigenvalue weighted by molar-refractivity contribution is 0.0886. The summed E-state index contributed by atoms with van der Waals surface area (Å²) in [6, 6.07) is 6.35. The van der Waals surface area contributed by atoms with Crippen molar-refractivity contribution in [2.24, 2.45) is 0 Å². The lowest BCUT2D eigenvalue weighted by Crippen LogP contribution is -2.36. The first-order chi connectivity index (χ1) is 14.1. The minimum Gasteiger partial charge on any atom is -0.393 e. The number of β-amino-alcohol motifs (C(OH)–C–C–N with tert-alkyl or cyclic N) is 1. The first-order valence-corrected chi connectivity index (χ1v) is 10.8. The van der Waals surface area contributed by atoms with Gasteiger partial charge >= 0.3 is 0 Å². The van der Waals surface area contributed by atoms with Crippen LogP contribution in [0, 0.1) is 11.6 Å². The van der Waals surface area contributed by atoms with E-state index >= 15 is 0 Å².